The van der Waals surface area contributed by atoms with Crippen molar-refractivity contribution < 1.29 is 19.1 Å². The molecule has 0 radical (unpaired) electrons. The number of ether oxygens (including phenoxy) is 2. The van der Waals surface area contributed by atoms with Gasteiger partial charge in [-0.2, -0.15) is 22.8 Å². The van der Waals surface area contributed by atoms with Gasteiger partial charge in [0.15, 0.2) is 16.4 Å². The largest absolute Gasteiger partial charge is 0.444 e. The van der Waals surface area contributed by atoms with Gasteiger partial charge >= 0.3 is 12.2 Å². The lowest BCUT2D eigenvalue weighted by Crippen LogP contribution is -2.35. The summed E-state index contributed by atoms with van der Waals surface area (Å²) in [5.74, 6) is 1.63. The summed E-state index contributed by atoms with van der Waals surface area (Å²) in [6.07, 6.45) is 8.07. The van der Waals surface area contributed by atoms with E-state index < -0.39 is 11.2 Å². The van der Waals surface area contributed by atoms with Crippen molar-refractivity contribution in [1.82, 2.24) is 68.4 Å². The molecule has 2 saturated heterocycles. The summed E-state index contributed by atoms with van der Waals surface area (Å²) in [7, 11) is 3.88. The van der Waals surface area contributed by atoms with E-state index in [2.05, 4.69) is 68.5 Å². The van der Waals surface area contributed by atoms with Crippen LogP contribution in [0.5, 0.6) is 0 Å². The van der Waals surface area contributed by atoms with Crippen molar-refractivity contribution in [3.63, 3.8) is 0 Å². The van der Waals surface area contributed by atoms with Crippen LogP contribution in [0, 0.1) is 13.8 Å². The molecule has 0 saturated carbocycles. The first-order valence-electron chi connectivity index (χ1n) is 21.1. The molecule has 0 bridgehead atoms. The Kier molecular flexibility index (Phi) is 14.7. The number of carbonyl (C=O) groups excluding carboxylic acids is 2. The van der Waals surface area contributed by atoms with Gasteiger partial charge < -0.3 is 28.4 Å². The van der Waals surface area contributed by atoms with Crippen LogP contribution in [0.4, 0.5) is 9.59 Å². The van der Waals surface area contributed by atoms with E-state index in [1.54, 1.807) is 27.9 Å². The van der Waals surface area contributed by atoms with Crippen molar-refractivity contribution >= 4 is 70.5 Å². The van der Waals surface area contributed by atoms with Crippen molar-refractivity contribution in [3.8, 4) is 22.8 Å². The Morgan fingerprint density at radius 3 is 1.68 bits per heavy atom. The number of thioether (sulfide) groups is 1. The van der Waals surface area contributed by atoms with Gasteiger partial charge in [-0.15, -0.1) is 0 Å². The zero-order valence-electron chi connectivity index (χ0n) is 38.2. The van der Waals surface area contributed by atoms with Crippen LogP contribution in [0.2, 0.25) is 5.15 Å². The molecule has 21 heteroatoms. The summed E-state index contributed by atoms with van der Waals surface area (Å²) in [5.41, 5.74) is 6.15. The number of imidazole rings is 2. The zero-order chi connectivity index (χ0) is 46.0. The van der Waals surface area contributed by atoms with Crippen LogP contribution in [0.25, 0.3) is 45.1 Å². The third-order valence-electron chi connectivity index (χ3n) is 10.4. The van der Waals surface area contributed by atoms with Crippen LogP contribution in [-0.4, -0.2) is 128 Å². The summed E-state index contributed by atoms with van der Waals surface area (Å²) in [6.45, 7) is 23.9. The molecular weight excluding hydrogens is 864 g/mol. The van der Waals surface area contributed by atoms with Crippen LogP contribution in [0.1, 0.15) is 79.6 Å². The number of hydrogen-bond acceptors (Lipinski definition) is 14. The molecule has 2 amide bonds. The minimum Gasteiger partial charge on any atom is -0.444 e. The molecule has 1 unspecified atom stereocenters. The fraction of sp³-hybridized carbons (Fsp3) is 0.571. The molecule has 0 spiro atoms. The monoisotopic (exact) mass is 922 g/mol. The molecule has 2 atom stereocenters. The average Bonchev–Trinajstić information content (AvgIpc) is 4.08. The summed E-state index contributed by atoms with van der Waals surface area (Å²) in [6, 6.07) is 0. The number of aromatic nitrogens is 12. The highest BCUT2D eigenvalue weighted by molar-refractivity contribution is 8.00. The van der Waals surface area contributed by atoms with E-state index >= 15 is 0 Å². The predicted octanol–water partition coefficient (Wildman–Crippen LogP) is 7.79. The van der Waals surface area contributed by atoms with Gasteiger partial charge in [-0.1, -0.05) is 23.4 Å². The molecule has 63 heavy (non-hydrogen) atoms. The lowest BCUT2D eigenvalue weighted by molar-refractivity contribution is 0.0285. The van der Waals surface area contributed by atoms with Crippen LogP contribution >= 0.6 is 36.0 Å². The minimum absolute atomic E-state index is 0.218. The first-order valence-corrected chi connectivity index (χ1v) is 22.8. The maximum absolute atomic E-state index is 12.4. The van der Waals surface area contributed by atoms with E-state index in [1.807, 2.05) is 93.5 Å². The van der Waals surface area contributed by atoms with Crippen LogP contribution in [0.3, 0.4) is 0 Å². The van der Waals surface area contributed by atoms with E-state index in [0.717, 1.165) is 88.5 Å². The second-order valence-corrected chi connectivity index (χ2v) is 19.8. The van der Waals surface area contributed by atoms with E-state index in [4.69, 9.17) is 26.1 Å². The Labute approximate surface area is 382 Å². The van der Waals surface area contributed by atoms with Gasteiger partial charge in [-0.3, -0.25) is 9.36 Å². The standard InChI is InChI=1S/C21H29N7O2S.C12H13ClN6.C9H17NO2S/c1-7-28-13(2)15(10-24-28)17-25-16-18(26(17)6)22-12-23-19(16)31-14-8-9-27(11-14)20(29)30-21(3,4)5;1-4-19-7(2)8(5-16-19)11-17-9-10(13)14-6-15-12(9)18(11)3;1-9(2,3)12-8(11)10-5-4-7(13)6-10/h10,12,14H,7-9,11H2,1-6H3;5-6H,4H2,1-3H3;7,13H,4-6H2,1-3H3/t;;7-/m..0/s1. The Morgan fingerprint density at radius 2 is 1.22 bits per heavy atom. The summed E-state index contributed by atoms with van der Waals surface area (Å²) in [5, 5.41) is 10.5. The molecular formula is C42H59ClN14O4S2. The van der Waals surface area contributed by atoms with Crippen molar-refractivity contribution in [1.29, 1.82) is 0 Å². The first kappa shape index (κ1) is 47.5. The molecule has 18 nitrogen and oxygen atoms in total. The second-order valence-electron chi connectivity index (χ2n) is 17.4. The summed E-state index contributed by atoms with van der Waals surface area (Å²) in [4.78, 5) is 53.9. The van der Waals surface area contributed by atoms with Gasteiger partial charge in [-0.05, 0) is 82.1 Å². The predicted molar refractivity (Wildman–Crippen MR) is 248 cm³/mol. The highest BCUT2D eigenvalue weighted by Gasteiger charge is 2.32. The van der Waals surface area contributed by atoms with Gasteiger partial charge in [0.25, 0.3) is 0 Å². The number of amides is 2. The molecule has 8 rings (SSSR count). The SMILES string of the molecule is CC(C)(C)OC(=O)N1CC[C@H](S)C1.CCn1ncc(-c2nc3c(Cl)ncnc3n2C)c1C.CCn1ncc(-c2nc3c(SC4CCN(C(=O)OC(C)(C)C)C4)ncnc3n2C)c1C. The number of aryl methyl sites for hydroxylation is 4. The van der Waals surface area contributed by atoms with Crippen LogP contribution < -0.4 is 0 Å². The van der Waals surface area contributed by atoms with Crippen molar-refractivity contribution in [2.75, 3.05) is 26.2 Å². The normalized spacial score (nSPS) is 16.6. The lowest BCUT2D eigenvalue weighted by atomic mass is 10.2. The quantitative estimate of drug-likeness (QED) is 0.126. The van der Waals surface area contributed by atoms with Gasteiger partial charge in [0, 0.05) is 75.3 Å². The van der Waals surface area contributed by atoms with E-state index in [0.29, 0.717) is 35.6 Å². The molecule has 0 aromatic carbocycles. The molecule has 0 N–H and O–H groups in total. The Bertz CT molecular complexity index is 2570. The maximum Gasteiger partial charge on any atom is 0.410 e. The third-order valence-corrected chi connectivity index (χ3v) is 12.3. The Balaban J connectivity index is 0.000000175. The Morgan fingerprint density at radius 1 is 0.746 bits per heavy atom. The summed E-state index contributed by atoms with van der Waals surface area (Å²) >= 11 is 12.0. The number of nitrogens with zero attached hydrogens (tertiary/aromatic N) is 14. The molecule has 340 valence electrons. The first-order chi connectivity index (χ1) is 29.7. The number of thiol groups is 1. The fourth-order valence-corrected chi connectivity index (χ4v) is 8.83. The second kappa shape index (κ2) is 19.4. The number of fused-ring (bicyclic) bond motifs is 2. The van der Waals surface area contributed by atoms with Gasteiger partial charge in [0.05, 0.1) is 23.5 Å². The van der Waals surface area contributed by atoms with E-state index in [-0.39, 0.29) is 17.4 Å². The smallest absolute Gasteiger partial charge is 0.410 e. The molecule has 2 aliphatic heterocycles. The Hall–Kier alpha value is -4.95. The number of halogens is 1. The lowest BCUT2D eigenvalue weighted by Gasteiger charge is -2.24. The fourth-order valence-electron chi connectivity index (χ4n) is 7.20. The van der Waals surface area contributed by atoms with E-state index in [1.165, 1.54) is 6.33 Å². The van der Waals surface area contributed by atoms with Crippen molar-refractivity contribution in [2.24, 2.45) is 14.1 Å². The third kappa shape index (κ3) is 11.1. The number of carbonyl (C=O) groups is 2. The minimum atomic E-state index is -0.491. The van der Waals surface area contributed by atoms with Gasteiger partial charge in [0.1, 0.15) is 51.6 Å². The molecule has 6 aromatic heterocycles. The van der Waals surface area contributed by atoms with Crippen molar-refractivity contribution in [3.05, 3.63) is 41.6 Å². The van der Waals surface area contributed by atoms with Crippen molar-refractivity contribution in [2.45, 2.75) is 122 Å². The van der Waals surface area contributed by atoms with Gasteiger partial charge in [-0.25, -0.2) is 39.5 Å². The zero-order valence-corrected chi connectivity index (χ0v) is 40.7. The summed E-state index contributed by atoms with van der Waals surface area (Å²) < 4.78 is 18.5. The number of hydrogen-bond donors (Lipinski definition) is 1. The molecule has 0 aliphatic carbocycles. The average molecular weight is 924 g/mol. The van der Waals surface area contributed by atoms with Crippen LogP contribution in [-0.2, 0) is 36.7 Å². The number of rotatable bonds is 6. The van der Waals surface area contributed by atoms with Gasteiger partial charge in [0.2, 0.25) is 0 Å². The topological polar surface area (TPSA) is 182 Å². The highest BCUT2D eigenvalue weighted by Crippen LogP contribution is 2.35. The highest BCUT2D eigenvalue weighted by atomic mass is 35.5. The van der Waals surface area contributed by atoms with E-state index in [9.17, 15) is 9.59 Å². The molecule has 2 fully saturated rings. The number of likely N-dealkylation sites (tertiary alicyclic amines) is 2. The molecule has 6 aromatic rings. The maximum atomic E-state index is 12.4. The molecule has 8 heterocycles. The van der Waals surface area contributed by atoms with Crippen LogP contribution in [0.15, 0.2) is 30.1 Å². The molecule has 2 aliphatic rings.